The molecule has 3 rings (SSSR count). The zero-order valence-electron chi connectivity index (χ0n) is 14.3. The maximum Gasteiger partial charge on any atom is 0.255 e. The number of benzene rings is 2. The summed E-state index contributed by atoms with van der Waals surface area (Å²) in [4.78, 5) is 28.4. The number of hydrogen-bond acceptors (Lipinski definition) is 2. The average Bonchev–Trinajstić information content (AvgIpc) is 2.66. The summed E-state index contributed by atoms with van der Waals surface area (Å²) in [6.07, 6.45) is 0.845. The molecule has 2 aromatic carbocycles. The first kappa shape index (κ1) is 18.4. The molecule has 2 aromatic rings. The molecule has 6 heteroatoms. The molecule has 2 amide bonds. The molecular weight excluding hydrogens is 355 g/mol. The quantitative estimate of drug-likeness (QED) is 0.823. The van der Waals surface area contributed by atoms with Crippen LogP contribution in [0.1, 0.15) is 22.3 Å². The summed E-state index contributed by atoms with van der Waals surface area (Å²) in [5.74, 6) is -0.372. The van der Waals surface area contributed by atoms with Crippen LogP contribution in [0.5, 0.6) is 0 Å². The highest BCUT2D eigenvalue weighted by molar-refractivity contribution is 6.33. The van der Waals surface area contributed by atoms with Gasteiger partial charge in [0.25, 0.3) is 5.91 Å². The van der Waals surface area contributed by atoms with Crippen molar-refractivity contribution < 1.29 is 14.0 Å². The fourth-order valence-electron chi connectivity index (χ4n) is 3.07. The second kappa shape index (κ2) is 8.32. The molecule has 0 aliphatic carbocycles. The molecular formula is C20H20ClFN2O2. The van der Waals surface area contributed by atoms with Crippen LogP contribution in [0.15, 0.2) is 48.5 Å². The largest absolute Gasteiger partial charge is 0.339 e. The third kappa shape index (κ3) is 4.41. The summed E-state index contributed by atoms with van der Waals surface area (Å²) in [5.41, 5.74) is 1.30. The van der Waals surface area contributed by atoms with Gasteiger partial charge < -0.3 is 9.80 Å². The van der Waals surface area contributed by atoms with Gasteiger partial charge >= 0.3 is 0 Å². The maximum absolute atomic E-state index is 13.2. The Hall–Kier alpha value is -2.40. The zero-order valence-corrected chi connectivity index (χ0v) is 15.1. The monoisotopic (exact) mass is 374 g/mol. The Balaban J connectivity index is 1.51. The van der Waals surface area contributed by atoms with Gasteiger partial charge in [0.1, 0.15) is 5.82 Å². The molecule has 136 valence electrons. The number of carbonyl (C=O) groups is 2. The SMILES string of the molecule is O=C(CCc1cccc(F)c1)N1CCN(C(=O)c2ccccc2Cl)CC1. The van der Waals surface area contributed by atoms with Gasteiger partial charge in [0.15, 0.2) is 0 Å². The predicted molar refractivity (Wildman–Crippen MR) is 98.7 cm³/mol. The average molecular weight is 375 g/mol. The number of amides is 2. The lowest BCUT2D eigenvalue weighted by molar-refractivity contribution is -0.132. The fraction of sp³-hybridized carbons (Fsp3) is 0.300. The van der Waals surface area contributed by atoms with E-state index in [9.17, 15) is 14.0 Å². The molecule has 0 saturated carbocycles. The number of nitrogens with zero attached hydrogens (tertiary/aromatic N) is 2. The van der Waals surface area contributed by atoms with Crippen molar-refractivity contribution >= 4 is 23.4 Å². The van der Waals surface area contributed by atoms with Crippen LogP contribution in [-0.2, 0) is 11.2 Å². The normalized spacial score (nSPS) is 14.4. The minimum Gasteiger partial charge on any atom is -0.339 e. The van der Waals surface area contributed by atoms with Crippen molar-refractivity contribution in [2.45, 2.75) is 12.8 Å². The highest BCUT2D eigenvalue weighted by Gasteiger charge is 2.25. The lowest BCUT2D eigenvalue weighted by Gasteiger charge is -2.35. The highest BCUT2D eigenvalue weighted by atomic mass is 35.5. The van der Waals surface area contributed by atoms with E-state index in [2.05, 4.69) is 0 Å². The van der Waals surface area contributed by atoms with Gasteiger partial charge in [-0.2, -0.15) is 0 Å². The van der Waals surface area contributed by atoms with Crippen LogP contribution in [0.25, 0.3) is 0 Å². The van der Waals surface area contributed by atoms with Crippen molar-refractivity contribution in [3.8, 4) is 0 Å². The van der Waals surface area contributed by atoms with Gasteiger partial charge in [-0.15, -0.1) is 0 Å². The molecule has 0 unspecified atom stereocenters. The lowest BCUT2D eigenvalue weighted by Crippen LogP contribution is -2.50. The van der Waals surface area contributed by atoms with Crippen LogP contribution in [0.2, 0.25) is 5.02 Å². The topological polar surface area (TPSA) is 40.6 Å². The molecule has 1 heterocycles. The van der Waals surface area contributed by atoms with Gasteiger partial charge in [0.2, 0.25) is 5.91 Å². The van der Waals surface area contributed by atoms with E-state index in [1.807, 2.05) is 6.07 Å². The Morgan fingerprint density at radius 2 is 1.65 bits per heavy atom. The molecule has 0 radical (unpaired) electrons. The van der Waals surface area contributed by atoms with E-state index in [0.29, 0.717) is 49.6 Å². The first-order valence-electron chi connectivity index (χ1n) is 8.60. The predicted octanol–water partition coefficient (Wildman–Crippen LogP) is 3.40. The fourth-order valence-corrected chi connectivity index (χ4v) is 3.28. The van der Waals surface area contributed by atoms with Crippen molar-refractivity contribution in [1.29, 1.82) is 0 Å². The maximum atomic E-state index is 13.2. The summed E-state index contributed by atoms with van der Waals surface area (Å²) in [6.45, 7) is 1.96. The molecule has 1 saturated heterocycles. The van der Waals surface area contributed by atoms with Gasteiger partial charge in [-0.3, -0.25) is 9.59 Å². The minimum absolute atomic E-state index is 0.0269. The van der Waals surface area contributed by atoms with Gasteiger partial charge in [0.05, 0.1) is 10.6 Å². The Labute approximate surface area is 157 Å². The van der Waals surface area contributed by atoms with Crippen LogP contribution in [0.4, 0.5) is 4.39 Å². The molecule has 0 spiro atoms. The van der Waals surface area contributed by atoms with Gasteiger partial charge in [-0.25, -0.2) is 4.39 Å². The van der Waals surface area contributed by atoms with E-state index in [0.717, 1.165) is 5.56 Å². The van der Waals surface area contributed by atoms with Crippen molar-refractivity contribution in [2.24, 2.45) is 0 Å². The number of halogens is 2. The zero-order chi connectivity index (χ0) is 18.5. The Morgan fingerprint density at radius 3 is 2.35 bits per heavy atom. The molecule has 1 fully saturated rings. The number of hydrogen-bond donors (Lipinski definition) is 0. The Morgan fingerprint density at radius 1 is 0.962 bits per heavy atom. The summed E-state index contributed by atoms with van der Waals surface area (Å²) in [7, 11) is 0. The first-order chi connectivity index (χ1) is 12.5. The first-order valence-corrected chi connectivity index (χ1v) is 8.98. The van der Waals surface area contributed by atoms with Crippen molar-refractivity contribution in [3.63, 3.8) is 0 Å². The van der Waals surface area contributed by atoms with E-state index < -0.39 is 0 Å². The second-order valence-corrected chi connectivity index (χ2v) is 6.69. The second-order valence-electron chi connectivity index (χ2n) is 6.28. The van der Waals surface area contributed by atoms with E-state index in [-0.39, 0.29) is 17.6 Å². The summed E-state index contributed by atoms with van der Waals surface area (Å²) in [5, 5.41) is 0.436. The Bertz CT molecular complexity index is 804. The van der Waals surface area contributed by atoms with Crippen LogP contribution in [0.3, 0.4) is 0 Å². The molecule has 0 atom stereocenters. The van der Waals surface area contributed by atoms with Gasteiger partial charge in [-0.1, -0.05) is 35.9 Å². The van der Waals surface area contributed by atoms with Crippen LogP contribution < -0.4 is 0 Å². The number of carbonyl (C=O) groups excluding carboxylic acids is 2. The third-order valence-electron chi connectivity index (χ3n) is 4.54. The third-order valence-corrected chi connectivity index (χ3v) is 4.87. The van der Waals surface area contributed by atoms with Gasteiger partial charge in [0, 0.05) is 32.6 Å². The van der Waals surface area contributed by atoms with E-state index in [1.54, 1.807) is 40.1 Å². The van der Waals surface area contributed by atoms with Crippen molar-refractivity contribution in [3.05, 3.63) is 70.5 Å². The van der Waals surface area contributed by atoms with Crippen LogP contribution >= 0.6 is 11.6 Å². The Kier molecular flexibility index (Phi) is 5.89. The van der Waals surface area contributed by atoms with E-state index in [4.69, 9.17) is 11.6 Å². The molecule has 4 nitrogen and oxygen atoms in total. The van der Waals surface area contributed by atoms with Crippen LogP contribution in [-0.4, -0.2) is 47.8 Å². The van der Waals surface area contributed by atoms with E-state index >= 15 is 0 Å². The summed E-state index contributed by atoms with van der Waals surface area (Å²) < 4.78 is 13.2. The molecule has 26 heavy (non-hydrogen) atoms. The number of piperazine rings is 1. The van der Waals surface area contributed by atoms with E-state index in [1.165, 1.54) is 12.1 Å². The number of aryl methyl sites for hydroxylation is 1. The molecule has 1 aliphatic rings. The molecule has 0 bridgehead atoms. The highest BCUT2D eigenvalue weighted by Crippen LogP contribution is 2.18. The lowest BCUT2D eigenvalue weighted by atomic mass is 10.1. The summed E-state index contributed by atoms with van der Waals surface area (Å²) in [6, 6.07) is 13.3. The summed E-state index contributed by atoms with van der Waals surface area (Å²) >= 11 is 6.09. The minimum atomic E-state index is -0.290. The van der Waals surface area contributed by atoms with Crippen molar-refractivity contribution in [1.82, 2.24) is 9.80 Å². The van der Waals surface area contributed by atoms with Crippen molar-refractivity contribution in [2.75, 3.05) is 26.2 Å². The van der Waals surface area contributed by atoms with Crippen LogP contribution in [0, 0.1) is 5.82 Å². The molecule has 0 aromatic heterocycles. The standard InChI is InChI=1S/C20H20ClFN2O2/c21-18-7-2-1-6-17(18)20(26)24-12-10-23(11-13-24)19(25)9-8-15-4-3-5-16(22)14-15/h1-7,14H,8-13H2. The smallest absolute Gasteiger partial charge is 0.255 e. The number of rotatable bonds is 4. The molecule has 1 aliphatic heterocycles. The van der Waals surface area contributed by atoms with Gasteiger partial charge in [-0.05, 0) is 36.2 Å². The molecule has 0 N–H and O–H groups in total.